The van der Waals surface area contributed by atoms with E-state index in [2.05, 4.69) is 43.5 Å². The molecule has 0 aliphatic carbocycles. The fraction of sp³-hybridized carbons (Fsp3) is 0.840. The van der Waals surface area contributed by atoms with Gasteiger partial charge in [0.15, 0.2) is 0 Å². The Balaban J connectivity index is 3.45. The minimum atomic E-state index is -0.851. The molecule has 6 nitrogen and oxygen atoms in total. The lowest BCUT2D eigenvalue weighted by molar-refractivity contribution is -0.143. The lowest BCUT2D eigenvalue weighted by atomic mass is 10.0. The van der Waals surface area contributed by atoms with Gasteiger partial charge in [0, 0.05) is 12.8 Å². The summed E-state index contributed by atoms with van der Waals surface area (Å²) in [6.07, 6.45) is 54.2. The number of aliphatic hydroxyl groups is 2. The number of carbonyl (C=O) groups excluding carboxylic acids is 2. The third-order valence-electron chi connectivity index (χ3n) is 10.9. The molecule has 0 aromatic heterocycles. The molecule has 3 N–H and O–H groups in total. The van der Waals surface area contributed by atoms with Gasteiger partial charge in [-0.05, 0) is 64.2 Å². The van der Waals surface area contributed by atoms with Crippen LogP contribution in [0.5, 0.6) is 0 Å². The van der Waals surface area contributed by atoms with Crippen molar-refractivity contribution in [3.05, 3.63) is 36.5 Å². The lowest BCUT2D eigenvalue weighted by Crippen LogP contribution is -2.45. The van der Waals surface area contributed by atoms with Crippen LogP contribution in [0.2, 0.25) is 0 Å². The van der Waals surface area contributed by atoms with Gasteiger partial charge in [0.25, 0.3) is 0 Å². The number of unbranched alkanes of at least 4 members (excludes halogenated alkanes) is 29. The molecule has 0 spiro atoms. The summed E-state index contributed by atoms with van der Waals surface area (Å²) in [5.74, 6) is -0.101. The van der Waals surface area contributed by atoms with Crippen molar-refractivity contribution < 1.29 is 24.5 Å². The summed E-state index contributed by atoms with van der Waals surface area (Å²) in [7, 11) is 0. The topological polar surface area (TPSA) is 95.9 Å². The molecule has 328 valence electrons. The first-order valence-corrected chi connectivity index (χ1v) is 24.3. The Morgan fingerprint density at radius 1 is 0.500 bits per heavy atom. The molecule has 0 aromatic rings. The van der Waals surface area contributed by atoms with E-state index in [-0.39, 0.29) is 18.5 Å². The van der Waals surface area contributed by atoms with Crippen LogP contribution < -0.4 is 5.32 Å². The molecule has 0 saturated heterocycles. The number of hydrogen-bond donors (Lipinski definition) is 3. The second kappa shape index (κ2) is 45.8. The normalized spacial score (nSPS) is 13.0. The van der Waals surface area contributed by atoms with Crippen LogP contribution in [-0.2, 0) is 14.3 Å². The molecule has 2 atom stereocenters. The van der Waals surface area contributed by atoms with Gasteiger partial charge in [0.1, 0.15) is 0 Å². The summed E-state index contributed by atoms with van der Waals surface area (Å²) in [5, 5.41) is 22.9. The molecule has 0 radical (unpaired) electrons. The van der Waals surface area contributed by atoms with Gasteiger partial charge in [-0.2, -0.15) is 0 Å². The smallest absolute Gasteiger partial charge is 0.305 e. The van der Waals surface area contributed by atoms with Crippen LogP contribution in [0.3, 0.4) is 0 Å². The highest BCUT2D eigenvalue weighted by Crippen LogP contribution is 2.15. The van der Waals surface area contributed by atoms with Crippen LogP contribution >= 0.6 is 0 Å². The van der Waals surface area contributed by atoms with E-state index in [0.717, 1.165) is 64.2 Å². The summed E-state index contributed by atoms with van der Waals surface area (Å²) in [4.78, 5) is 24.4. The van der Waals surface area contributed by atoms with Gasteiger partial charge in [-0.3, -0.25) is 9.59 Å². The van der Waals surface area contributed by atoms with Gasteiger partial charge >= 0.3 is 5.97 Å². The van der Waals surface area contributed by atoms with Crippen molar-refractivity contribution in [1.82, 2.24) is 5.32 Å². The van der Waals surface area contributed by atoms with E-state index >= 15 is 0 Å². The van der Waals surface area contributed by atoms with Crippen molar-refractivity contribution >= 4 is 11.9 Å². The quantitative estimate of drug-likeness (QED) is 0.0325. The van der Waals surface area contributed by atoms with Crippen LogP contribution in [0.25, 0.3) is 0 Å². The molecule has 0 rings (SSSR count). The van der Waals surface area contributed by atoms with Crippen molar-refractivity contribution in [2.75, 3.05) is 13.2 Å². The van der Waals surface area contributed by atoms with Crippen molar-refractivity contribution in [1.29, 1.82) is 0 Å². The Morgan fingerprint density at radius 3 is 1.39 bits per heavy atom. The lowest BCUT2D eigenvalue weighted by Gasteiger charge is -2.20. The van der Waals surface area contributed by atoms with E-state index in [4.69, 9.17) is 4.74 Å². The van der Waals surface area contributed by atoms with Crippen LogP contribution in [0.15, 0.2) is 36.5 Å². The second-order valence-corrected chi connectivity index (χ2v) is 16.4. The summed E-state index contributed by atoms with van der Waals surface area (Å²) in [6.45, 7) is 4.80. The van der Waals surface area contributed by atoms with Crippen molar-refractivity contribution in [2.45, 2.75) is 257 Å². The average Bonchev–Trinajstić information content (AvgIpc) is 3.20. The number of rotatable bonds is 44. The number of carbonyl (C=O) groups is 2. The van der Waals surface area contributed by atoms with E-state index in [0.29, 0.717) is 19.4 Å². The Morgan fingerprint density at radius 2 is 0.893 bits per heavy atom. The number of ether oxygens (including phenoxy) is 1. The van der Waals surface area contributed by atoms with Crippen molar-refractivity contribution in [2.24, 2.45) is 0 Å². The van der Waals surface area contributed by atoms with Gasteiger partial charge in [0.05, 0.1) is 25.4 Å². The highest BCUT2D eigenvalue weighted by atomic mass is 16.5. The minimum Gasteiger partial charge on any atom is -0.466 e. The third-order valence-corrected chi connectivity index (χ3v) is 10.9. The van der Waals surface area contributed by atoms with E-state index in [1.807, 2.05) is 6.08 Å². The molecular formula is C50H93NO5. The first kappa shape index (κ1) is 54.1. The SMILES string of the molecule is CCCCC/C=C\C/C=C\CCCCCCCCCC(=O)OCCCCCCCCCCCCCCCC(=O)NC(CO)C(O)/C=C/CCCCCCCCC. The molecule has 0 aliphatic heterocycles. The maximum Gasteiger partial charge on any atom is 0.305 e. The highest BCUT2D eigenvalue weighted by Gasteiger charge is 2.18. The molecular weight excluding hydrogens is 695 g/mol. The fourth-order valence-electron chi connectivity index (χ4n) is 7.13. The van der Waals surface area contributed by atoms with Gasteiger partial charge < -0.3 is 20.3 Å². The van der Waals surface area contributed by atoms with Gasteiger partial charge in [-0.1, -0.05) is 204 Å². The molecule has 0 heterocycles. The molecule has 2 unspecified atom stereocenters. The monoisotopic (exact) mass is 788 g/mol. The summed E-state index contributed by atoms with van der Waals surface area (Å²) in [6, 6.07) is -0.636. The largest absolute Gasteiger partial charge is 0.466 e. The highest BCUT2D eigenvalue weighted by molar-refractivity contribution is 5.76. The van der Waals surface area contributed by atoms with Gasteiger partial charge in [0.2, 0.25) is 5.91 Å². The first-order chi connectivity index (χ1) is 27.5. The Kier molecular flexibility index (Phi) is 44.2. The Labute approximate surface area is 347 Å². The van der Waals surface area contributed by atoms with E-state index < -0.39 is 12.1 Å². The third kappa shape index (κ3) is 41.7. The zero-order chi connectivity index (χ0) is 40.8. The average molecular weight is 788 g/mol. The zero-order valence-corrected chi connectivity index (χ0v) is 37.1. The second-order valence-electron chi connectivity index (χ2n) is 16.4. The Bertz CT molecular complexity index is 915. The number of nitrogens with one attached hydrogen (secondary N) is 1. The minimum absolute atomic E-state index is 0.0158. The molecule has 6 heteroatoms. The Hall–Kier alpha value is -1.92. The first-order valence-electron chi connectivity index (χ1n) is 24.3. The number of aliphatic hydroxyl groups excluding tert-OH is 2. The van der Waals surface area contributed by atoms with Gasteiger partial charge in [-0.25, -0.2) is 0 Å². The summed E-state index contributed by atoms with van der Waals surface area (Å²) < 4.78 is 5.46. The number of esters is 1. The molecule has 0 aromatic carbocycles. The fourth-order valence-corrected chi connectivity index (χ4v) is 7.13. The molecule has 1 amide bonds. The van der Waals surface area contributed by atoms with Crippen LogP contribution in [-0.4, -0.2) is 47.4 Å². The zero-order valence-electron chi connectivity index (χ0n) is 37.1. The molecule has 56 heavy (non-hydrogen) atoms. The van der Waals surface area contributed by atoms with Gasteiger partial charge in [-0.15, -0.1) is 0 Å². The number of amides is 1. The molecule has 0 aliphatic rings. The maximum absolute atomic E-state index is 12.3. The molecule has 0 fully saturated rings. The predicted octanol–water partition coefficient (Wildman–Crippen LogP) is 14.1. The number of allylic oxidation sites excluding steroid dienone is 5. The van der Waals surface area contributed by atoms with Crippen LogP contribution in [0, 0.1) is 0 Å². The molecule has 0 bridgehead atoms. The van der Waals surface area contributed by atoms with Crippen LogP contribution in [0.1, 0.15) is 245 Å². The predicted molar refractivity (Wildman–Crippen MR) is 241 cm³/mol. The van der Waals surface area contributed by atoms with Crippen molar-refractivity contribution in [3.8, 4) is 0 Å². The van der Waals surface area contributed by atoms with E-state index in [1.54, 1.807) is 6.08 Å². The van der Waals surface area contributed by atoms with Crippen LogP contribution in [0.4, 0.5) is 0 Å². The standard InChI is InChI=1S/C50H93NO5/c1-3-5-7-9-11-13-14-15-16-17-18-21-24-28-32-36-40-44-50(55)56-45-41-37-33-29-25-22-19-20-23-27-31-35-39-43-49(54)51-47(46-52)48(53)42-38-34-30-26-12-10-8-6-4-2/h11,13,15-16,38,42,47-48,52-53H,3-10,12,14,17-37,39-41,43-46H2,1-2H3,(H,51,54)/b13-11-,16-15-,42-38+. The maximum atomic E-state index is 12.3. The van der Waals surface area contributed by atoms with Crippen molar-refractivity contribution in [3.63, 3.8) is 0 Å². The summed E-state index contributed by atoms with van der Waals surface area (Å²) in [5.41, 5.74) is 0. The molecule has 0 saturated carbocycles. The number of hydrogen-bond acceptors (Lipinski definition) is 5. The summed E-state index contributed by atoms with van der Waals surface area (Å²) >= 11 is 0. The van der Waals surface area contributed by atoms with E-state index in [9.17, 15) is 19.8 Å². The van der Waals surface area contributed by atoms with E-state index in [1.165, 1.54) is 154 Å².